The standard InChI is InChI=1S/2C16H18N4O4.H2O/c2*1-17-15(21)23-9-4-7-13-11(8-9)10-5-6-12(14(10)20(13)3)19-24-16(22)18-2;/h2*4,7-8H,5-6H2,1-3H3,(H,17,21)(H,18,22);1H2. The average molecular weight is 679 g/mol. The molecule has 0 unspecified atom stereocenters. The summed E-state index contributed by atoms with van der Waals surface area (Å²) in [6.07, 6.45) is 0.717. The van der Waals surface area contributed by atoms with Crippen LogP contribution in [0.4, 0.5) is 19.2 Å². The highest BCUT2D eigenvalue weighted by atomic mass is 16.7. The molecule has 0 saturated heterocycles. The topological polar surface area (TPSA) is 219 Å². The van der Waals surface area contributed by atoms with E-state index < -0.39 is 24.4 Å². The fourth-order valence-electron chi connectivity index (χ4n) is 5.87. The van der Waals surface area contributed by atoms with Gasteiger partial charge in [-0.2, -0.15) is 0 Å². The summed E-state index contributed by atoms with van der Waals surface area (Å²) in [5.41, 5.74) is 7.52. The second-order valence-electron chi connectivity index (χ2n) is 10.7. The van der Waals surface area contributed by atoms with Crippen LogP contribution in [0.2, 0.25) is 0 Å². The first-order valence-corrected chi connectivity index (χ1v) is 15.0. The number of fused-ring (bicyclic) bond motifs is 6. The van der Waals surface area contributed by atoms with Crippen molar-refractivity contribution in [2.45, 2.75) is 25.7 Å². The molecule has 4 aromatic rings. The summed E-state index contributed by atoms with van der Waals surface area (Å²) in [5.74, 6) is 0.949. The van der Waals surface area contributed by atoms with E-state index in [2.05, 4.69) is 31.6 Å². The Morgan fingerprint density at radius 1 is 0.592 bits per heavy atom. The molecule has 17 nitrogen and oxygen atoms in total. The molecule has 2 aliphatic carbocycles. The third-order valence-electron chi connectivity index (χ3n) is 8.04. The Hall–Kier alpha value is -6.10. The molecule has 0 spiro atoms. The van der Waals surface area contributed by atoms with Gasteiger partial charge in [0.05, 0.1) is 11.4 Å². The van der Waals surface area contributed by atoms with Gasteiger partial charge in [0.25, 0.3) is 0 Å². The van der Waals surface area contributed by atoms with Crippen molar-refractivity contribution in [1.29, 1.82) is 0 Å². The van der Waals surface area contributed by atoms with E-state index in [1.165, 1.54) is 28.2 Å². The highest BCUT2D eigenvalue weighted by Gasteiger charge is 2.28. The second kappa shape index (κ2) is 15.2. The van der Waals surface area contributed by atoms with Crippen molar-refractivity contribution in [2.75, 3.05) is 28.2 Å². The number of hydrogen-bond donors (Lipinski definition) is 4. The number of benzene rings is 2. The van der Waals surface area contributed by atoms with Crippen molar-refractivity contribution in [3.05, 3.63) is 58.9 Å². The fraction of sp³-hybridized carbons (Fsp3) is 0.312. The van der Waals surface area contributed by atoms with E-state index in [4.69, 9.17) is 19.1 Å². The van der Waals surface area contributed by atoms with Gasteiger partial charge in [-0.25, -0.2) is 19.2 Å². The molecule has 0 saturated carbocycles. The quantitative estimate of drug-likeness (QED) is 0.185. The molecule has 0 radical (unpaired) electrons. The predicted octanol–water partition coefficient (Wildman–Crippen LogP) is 2.98. The molecule has 0 bridgehead atoms. The third-order valence-corrected chi connectivity index (χ3v) is 8.04. The van der Waals surface area contributed by atoms with Crippen LogP contribution in [0.5, 0.6) is 11.5 Å². The Morgan fingerprint density at radius 3 is 1.31 bits per heavy atom. The van der Waals surface area contributed by atoms with Crippen LogP contribution in [-0.4, -0.2) is 78.6 Å². The number of aromatic nitrogens is 2. The maximum atomic E-state index is 11.4. The number of carbonyl (C=O) groups is 4. The van der Waals surface area contributed by atoms with E-state index in [9.17, 15) is 19.2 Å². The van der Waals surface area contributed by atoms with Crippen LogP contribution in [0, 0.1) is 0 Å². The van der Waals surface area contributed by atoms with Crippen LogP contribution in [0.3, 0.4) is 0 Å². The number of aryl methyl sites for hydroxylation is 4. The van der Waals surface area contributed by atoms with Gasteiger partial charge in [0.2, 0.25) is 0 Å². The summed E-state index contributed by atoms with van der Waals surface area (Å²) in [6.45, 7) is 0. The number of nitrogens with zero attached hydrogens (tertiary/aromatic N) is 4. The number of rotatable bonds is 4. The molecule has 49 heavy (non-hydrogen) atoms. The van der Waals surface area contributed by atoms with Crippen LogP contribution in [0.1, 0.15) is 35.4 Å². The summed E-state index contributed by atoms with van der Waals surface area (Å²) in [4.78, 5) is 54.8. The smallest absolute Gasteiger partial charge is 0.412 e. The van der Waals surface area contributed by atoms with Gasteiger partial charge in [-0.15, -0.1) is 0 Å². The molecule has 2 aromatic heterocycles. The summed E-state index contributed by atoms with van der Waals surface area (Å²) in [5, 5.41) is 19.5. The van der Waals surface area contributed by atoms with E-state index >= 15 is 0 Å². The van der Waals surface area contributed by atoms with Crippen LogP contribution in [0.15, 0.2) is 46.7 Å². The van der Waals surface area contributed by atoms with Crippen LogP contribution < -0.4 is 30.7 Å². The number of oxime groups is 2. The normalized spacial score (nSPS) is 14.2. The Bertz CT molecular complexity index is 1850. The van der Waals surface area contributed by atoms with Crippen molar-refractivity contribution in [2.24, 2.45) is 24.4 Å². The van der Waals surface area contributed by atoms with Gasteiger partial charge in [-0.3, -0.25) is 9.68 Å². The lowest BCUT2D eigenvalue weighted by Gasteiger charge is -2.05. The zero-order valence-electron chi connectivity index (χ0n) is 27.8. The molecule has 2 heterocycles. The largest absolute Gasteiger partial charge is 0.433 e. The average Bonchev–Trinajstić information content (AvgIpc) is 3.85. The minimum atomic E-state index is -0.601. The highest BCUT2D eigenvalue weighted by molar-refractivity contribution is 6.10. The fourth-order valence-corrected chi connectivity index (χ4v) is 5.87. The molecule has 2 aromatic carbocycles. The lowest BCUT2D eigenvalue weighted by molar-refractivity contribution is 0.152. The first kappa shape index (κ1) is 35.7. The highest BCUT2D eigenvalue weighted by Crippen LogP contribution is 2.36. The summed E-state index contributed by atoms with van der Waals surface area (Å²) in [7, 11) is 9.84. The molecular formula is C32H38N8O9. The molecule has 0 atom stereocenters. The second-order valence-corrected chi connectivity index (χ2v) is 10.7. The van der Waals surface area contributed by atoms with Gasteiger partial charge in [-0.05, 0) is 73.2 Å². The Balaban J connectivity index is 0.000000216. The van der Waals surface area contributed by atoms with E-state index in [1.54, 1.807) is 12.1 Å². The maximum absolute atomic E-state index is 11.4. The maximum Gasteiger partial charge on any atom is 0.433 e. The van der Waals surface area contributed by atoms with Gasteiger partial charge < -0.3 is 45.4 Å². The lowest BCUT2D eigenvalue weighted by Crippen LogP contribution is -2.21. The van der Waals surface area contributed by atoms with Crippen molar-refractivity contribution < 1.29 is 43.8 Å². The molecule has 6 rings (SSSR count). The van der Waals surface area contributed by atoms with Gasteiger partial charge in [0, 0.05) is 64.1 Å². The minimum Gasteiger partial charge on any atom is -0.412 e. The first-order valence-electron chi connectivity index (χ1n) is 15.0. The Kier molecular flexibility index (Phi) is 11.1. The van der Waals surface area contributed by atoms with E-state index in [0.29, 0.717) is 24.3 Å². The number of carbonyl (C=O) groups excluding carboxylic acids is 4. The zero-order chi connectivity index (χ0) is 34.5. The van der Waals surface area contributed by atoms with Crippen LogP contribution in [-0.2, 0) is 36.6 Å². The molecule has 0 fully saturated rings. The molecule has 6 N–H and O–H groups in total. The van der Waals surface area contributed by atoms with Gasteiger partial charge in [-0.1, -0.05) is 10.3 Å². The van der Waals surface area contributed by atoms with Crippen LogP contribution in [0.25, 0.3) is 21.8 Å². The summed E-state index contributed by atoms with van der Waals surface area (Å²) >= 11 is 0. The van der Waals surface area contributed by atoms with Crippen molar-refractivity contribution >= 4 is 57.6 Å². The number of nitrogens with one attached hydrogen (secondary N) is 4. The molecule has 0 aliphatic heterocycles. The van der Waals surface area contributed by atoms with Gasteiger partial charge >= 0.3 is 24.4 Å². The van der Waals surface area contributed by atoms with E-state index in [-0.39, 0.29) is 5.48 Å². The lowest BCUT2D eigenvalue weighted by atomic mass is 10.1. The predicted molar refractivity (Wildman–Crippen MR) is 180 cm³/mol. The third kappa shape index (κ3) is 7.25. The minimum absolute atomic E-state index is 0. The zero-order valence-corrected chi connectivity index (χ0v) is 27.8. The van der Waals surface area contributed by atoms with E-state index in [0.717, 1.165) is 68.6 Å². The molecule has 2 aliphatic rings. The molecule has 4 amide bonds. The van der Waals surface area contributed by atoms with Crippen molar-refractivity contribution in [3.63, 3.8) is 0 Å². The van der Waals surface area contributed by atoms with Crippen molar-refractivity contribution in [1.82, 2.24) is 30.4 Å². The molecular weight excluding hydrogens is 640 g/mol. The SMILES string of the molecule is CNC(=O)ON=C1CCc2c1n(C)c1ccc(OC(=O)NC)cc21.CNC(=O)ON=C1CCc2c1n(C)c1ccc(OC(=O)NC)cc21.O. The number of ether oxygens (including phenoxy) is 2. The molecule has 260 valence electrons. The van der Waals surface area contributed by atoms with Gasteiger partial charge in [0.15, 0.2) is 0 Å². The van der Waals surface area contributed by atoms with Crippen molar-refractivity contribution in [3.8, 4) is 11.5 Å². The van der Waals surface area contributed by atoms with Gasteiger partial charge in [0.1, 0.15) is 22.9 Å². The summed E-state index contributed by atoms with van der Waals surface area (Å²) in [6, 6.07) is 10.9. The first-order chi connectivity index (χ1) is 23.1. The molecule has 17 heteroatoms. The number of amides is 4. The Labute approximate surface area is 280 Å². The van der Waals surface area contributed by atoms with Crippen LogP contribution >= 0.6 is 0 Å². The number of hydrogen-bond acceptors (Lipinski definition) is 10. The Morgan fingerprint density at radius 2 is 0.959 bits per heavy atom. The summed E-state index contributed by atoms with van der Waals surface area (Å²) < 4.78 is 14.4. The van der Waals surface area contributed by atoms with E-state index in [1.807, 2.05) is 47.5 Å². The monoisotopic (exact) mass is 678 g/mol.